The van der Waals surface area contributed by atoms with Gasteiger partial charge in [-0.3, -0.25) is 9.59 Å². The molecule has 7 heteroatoms. The smallest absolute Gasteiger partial charge is 0.322 e. The van der Waals surface area contributed by atoms with Crippen molar-refractivity contribution in [2.45, 2.75) is 25.5 Å². The van der Waals surface area contributed by atoms with E-state index in [9.17, 15) is 9.59 Å². The molecule has 0 aromatic carbocycles. The third kappa shape index (κ3) is 8.28. The zero-order valence-corrected chi connectivity index (χ0v) is 13.8. The fourth-order valence-electron chi connectivity index (χ4n) is 0.961. The molecule has 0 saturated carbocycles. The second-order valence-corrected chi connectivity index (χ2v) is 8.02. The van der Waals surface area contributed by atoms with Crippen molar-refractivity contribution >= 4 is 51.1 Å². The maximum Gasteiger partial charge on any atom is 0.322 e. The van der Waals surface area contributed by atoms with Crippen molar-refractivity contribution in [1.29, 1.82) is 0 Å². The first-order chi connectivity index (χ1) is 8.83. The summed E-state index contributed by atoms with van der Waals surface area (Å²) in [5.74, 6) is 0.250. The van der Waals surface area contributed by atoms with E-state index >= 15 is 0 Å². The second-order valence-electron chi connectivity index (χ2n) is 3.93. The van der Waals surface area contributed by atoms with E-state index in [0.717, 1.165) is 9.28 Å². The summed E-state index contributed by atoms with van der Waals surface area (Å²) in [6.45, 7) is 9.27. The van der Waals surface area contributed by atoms with Crippen LogP contribution in [0.25, 0.3) is 0 Å². The first-order valence-corrected chi connectivity index (χ1v) is 7.97. The van der Waals surface area contributed by atoms with Crippen LogP contribution in [0.3, 0.4) is 0 Å². The lowest BCUT2D eigenvalue weighted by molar-refractivity contribution is -0.145. The molecule has 0 spiro atoms. The molecule has 0 aliphatic carbocycles. The molecular formula is C12H19NO3S3. The zero-order chi connectivity index (χ0) is 14.9. The van der Waals surface area contributed by atoms with Gasteiger partial charge in [-0.25, -0.2) is 0 Å². The third-order valence-corrected chi connectivity index (χ3v) is 4.49. The van der Waals surface area contributed by atoms with Crippen molar-refractivity contribution < 1.29 is 14.3 Å². The Morgan fingerprint density at radius 3 is 2.63 bits per heavy atom. The van der Waals surface area contributed by atoms with Crippen LogP contribution in [-0.2, 0) is 14.3 Å². The molecule has 0 unspecified atom stereocenters. The lowest BCUT2D eigenvalue weighted by atomic mass is 10.2. The molecule has 0 bridgehead atoms. The molecule has 19 heavy (non-hydrogen) atoms. The van der Waals surface area contributed by atoms with Crippen LogP contribution >= 0.6 is 35.7 Å². The minimum atomic E-state index is -0.721. The van der Waals surface area contributed by atoms with Crippen LogP contribution < -0.4 is 5.32 Å². The SMILES string of the molecule is C=CC(=O)NCCOC(=O)C(C)(C)SC(=S)SCC. The molecule has 108 valence electrons. The molecule has 0 heterocycles. The molecule has 0 atom stereocenters. The zero-order valence-electron chi connectivity index (χ0n) is 11.4. The lowest BCUT2D eigenvalue weighted by Gasteiger charge is -2.21. The first-order valence-electron chi connectivity index (χ1n) is 5.76. The summed E-state index contributed by atoms with van der Waals surface area (Å²) in [5.41, 5.74) is 0. The highest BCUT2D eigenvalue weighted by molar-refractivity contribution is 8.47. The number of hydrogen-bond donors (Lipinski definition) is 1. The van der Waals surface area contributed by atoms with E-state index in [0.29, 0.717) is 0 Å². The number of ether oxygens (including phenoxy) is 1. The van der Waals surface area contributed by atoms with E-state index in [4.69, 9.17) is 17.0 Å². The predicted molar refractivity (Wildman–Crippen MR) is 86.6 cm³/mol. The standard InChI is InChI=1S/C12H19NO3S3/c1-5-9(14)13-7-8-16-10(15)12(3,4)19-11(17)18-6-2/h5H,1,6-8H2,2-4H3,(H,13,14). The third-order valence-electron chi connectivity index (χ3n) is 1.91. The summed E-state index contributed by atoms with van der Waals surface area (Å²) in [7, 11) is 0. The number of carbonyl (C=O) groups excluding carboxylic acids is 2. The summed E-state index contributed by atoms with van der Waals surface area (Å²) >= 11 is 8.01. The fourth-order valence-corrected chi connectivity index (χ4v) is 3.95. The van der Waals surface area contributed by atoms with Crippen LogP contribution in [0.2, 0.25) is 0 Å². The number of hydrogen-bond acceptors (Lipinski definition) is 6. The number of rotatable bonds is 7. The average Bonchev–Trinajstić information content (AvgIpc) is 2.33. The molecule has 0 aromatic rings. The van der Waals surface area contributed by atoms with Crippen LogP contribution in [0.5, 0.6) is 0 Å². The van der Waals surface area contributed by atoms with Gasteiger partial charge in [-0.2, -0.15) is 0 Å². The van der Waals surface area contributed by atoms with E-state index in [1.807, 2.05) is 6.92 Å². The average molecular weight is 321 g/mol. The van der Waals surface area contributed by atoms with Gasteiger partial charge < -0.3 is 10.1 Å². The highest BCUT2D eigenvalue weighted by atomic mass is 32.2. The number of nitrogens with one attached hydrogen (secondary N) is 1. The fraction of sp³-hybridized carbons (Fsp3) is 0.583. The van der Waals surface area contributed by atoms with E-state index in [1.54, 1.807) is 13.8 Å². The Hall–Kier alpha value is -0.530. The van der Waals surface area contributed by atoms with Gasteiger partial charge in [0.2, 0.25) is 5.91 Å². The van der Waals surface area contributed by atoms with E-state index in [2.05, 4.69) is 11.9 Å². The number of thioether (sulfide) groups is 2. The van der Waals surface area contributed by atoms with Gasteiger partial charge in [-0.05, 0) is 25.7 Å². The van der Waals surface area contributed by atoms with Gasteiger partial charge in [0.15, 0.2) is 0 Å². The molecule has 0 rings (SSSR count). The summed E-state index contributed by atoms with van der Waals surface area (Å²) in [6.07, 6.45) is 1.17. The summed E-state index contributed by atoms with van der Waals surface area (Å²) in [6, 6.07) is 0. The number of esters is 1. The molecule has 0 aliphatic rings. The van der Waals surface area contributed by atoms with Crippen molar-refractivity contribution in [3.63, 3.8) is 0 Å². The monoisotopic (exact) mass is 321 g/mol. The Morgan fingerprint density at radius 2 is 2.11 bits per heavy atom. The van der Waals surface area contributed by atoms with Crippen LogP contribution in [0.1, 0.15) is 20.8 Å². The summed E-state index contributed by atoms with van der Waals surface area (Å²) < 4.78 is 5.11. The van der Waals surface area contributed by atoms with Crippen LogP contribution in [0.4, 0.5) is 0 Å². The molecule has 0 radical (unpaired) electrons. The highest BCUT2D eigenvalue weighted by Crippen LogP contribution is 2.31. The van der Waals surface area contributed by atoms with Gasteiger partial charge in [0, 0.05) is 0 Å². The Balaban J connectivity index is 4.07. The van der Waals surface area contributed by atoms with Gasteiger partial charge in [0.05, 0.1) is 6.54 Å². The van der Waals surface area contributed by atoms with Crippen molar-refractivity contribution in [1.82, 2.24) is 5.32 Å². The molecule has 1 N–H and O–H groups in total. The Bertz CT molecular complexity index is 356. The van der Waals surface area contributed by atoms with E-state index < -0.39 is 4.75 Å². The van der Waals surface area contributed by atoms with Gasteiger partial charge in [-0.1, -0.05) is 37.5 Å². The quantitative estimate of drug-likeness (QED) is 0.336. The second kappa shape index (κ2) is 9.39. The van der Waals surface area contributed by atoms with Crippen molar-refractivity contribution in [2.24, 2.45) is 0 Å². The molecule has 0 aromatic heterocycles. The van der Waals surface area contributed by atoms with Gasteiger partial charge in [0.25, 0.3) is 0 Å². The minimum Gasteiger partial charge on any atom is -0.463 e. The maximum atomic E-state index is 11.9. The number of carbonyl (C=O) groups is 2. The van der Waals surface area contributed by atoms with Crippen LogP contribution in [-0.4, -0.2) is 39.1 Å². The van der Waals surface area contributed by atoms with Crippen molar-refractivity contribution in [3.05, 3.63) is 12.7 Å². The Morgan fingerprint density at radius 1 is 1.47 bits per heavy atom. The molecule has 0 fully saturated rings. The predicted octanol–water partition coefficient (Wildman–Crippen LogP) is 2.38. The van der Waals surface area contributed by atoms with Crippen molar-refractivity contribution in [2.75, 3.05) is 18.9 Å². The minimum absolute atomic E-state index is 0.135. The highest BCUT2D eigenvalue weighted by Gasteiger charge is 2.31. The molecular weight excluding hydrogens is 302 g/mol. The molecule has 0 aliphatic heterocycles. The molecule has 1 amide bonds. The van der Waals surface area contributed by atoms with Gasteiger partial charge >= 0.3 is 5.97 Å². The molecule has 4 nitrogen and oxygen atoms in total. The van der Waals surface area contributed by atoms with Crippen LogP contribution in [0, 0.1) is 0 Å². The summed E-state index contributed by atoms with van der Waals surface area (Å²) in [4.78, 5) is 22.8. The van der Waals surface area contributed by atoms with Gasteiger partial charge in [-0.15, -0.1) is 11.8 Å². The van der Waals surface area contributed by atoms with Crippen LogP contribution in [0.15, 0.2) is 12.7 Å². The Kier molecular flexibility index (Phi) is 9.12. The van der Waals surface area contributed by atoms with E-state index in [1.165, 1.54) is 29.6 Å². The maximum absolute atomic E-state index is 11.9. The number of thiocarbonyl (C=S) groups is 1. The normalized spacial score (nSPS) is 10.7. The first kappa shape index (κ1) is 18.5. The largest absolute Gasteiger partial charge is 0.463 e. The van der Waals surface area contributed by atoms with Crippen molar-refractivity contribution in [3.8, 4) is 0 Å². The summed E-state index contributed by atoms with van der Waals surface area (Å²) in [5, 5.41) is 2.53. The topological polar surface area (TPSA) is 55.4 Å². The Labute approximate surface area is 128 Å². The van der Waals surface area contributed by atoms with Gasteiger partial charge in [0.1, 0.15) is 14.9 Å². The molecule has 0 saturated heterocycles. The lowest BCUT2D eigenvalue weighted by Crippen LogP contribution is -2.34. The van der Waals surface area contributed by atoms with E-state index in [-0.39, 0.29) is 25.0 Å². The number of amides is 1.